The number of carbonyl (C=O) groups is 2. The first kappa shape index (κ1) is 16.8. The van der Waals surface area contributed by atoms with E-state index in [-0.39, 0.29) is 18.4 Å². The monoisotopic (exact) mass is 328 g/mol. The summed E-state index contributed by atoms with van der Waals surface area (Å²) in [4.78, 5) is 23.5. The molecule has 0 fully saturated rings. The van der Waals surface area contributed by atoms with Crippen molar-refractivity contribution in [2.24, 2.45) is 0 Å². The minimum absolute atomic E-state index is 0.108. The van der Waals surface area contributed by atoms with Crippen LogP contribution in [0.3, 0.4) is 0 Å². The molecular weight excluding hydrogens is 312 g/mol. The molecule has 0 aliphatic rings. The molecule has 0 saturated heterocycles. The van der Waals surface area contributed by atoms with Crippen molar-refractivity contribution >= 4 is 35.2 Å². The molecule has 0 saturated carbocycles. The van der Waals surface area contributed by atoms with E-state index >= 15 is 0 Å². The topological polar surface area (TPSA) is 58.2 Å². The summed E-state index contributed by atoms with van der Waals surface area (Å²) in [5.74, 6) is -0.641. The van der Waals surface area contributed by atoms with E-state index in [0.717, 1.165) is 11.1 Å². The molecule has 0 aliphatic carbocycles. The minimum atomic E-state index is -0.328. The van der Waals surface area contributed by atoms with Crippen molar-refractivity contribution in [3.8, 4) is 0 Å². The summed E-state index contributed by atoms with van der Waals surface area (Å²) in [6.07, 6.45) is 3.08. The van der Waals surface area contributed by atoms with E-state index in [0.29, 0.717) is 10.7 Å². The Balaban J connectivity index is 1.80. The summed E-state index contributed by atoms with van der Waals surface area (Å²) in [5.41, 5.74) is 2.45. The van der Waals surface area contributed by atoms with Crippen LogP contribution in [0.2, 0.25) is 5.02 Å². The second-order valence-corrected chi connectivity index (χ2v) is 5.38. The van der Waals surface area contributed by atoms with Crippen molar-refractivity contribution in [2.45, 2.75) is 6.92 Å². The molecule has 0 radical (unpaired) electrons. The quantitative estimate of drug-likeness (QED) is 0.826. The Hall–Kier alpha value is -2.59. The molecule has 5 heteroatoms. The van der Waals surface area contributed by atoms with Crippen molar-refractivity contribution in [3.63, 3.8) is 0 Å². The first-order valence-corrected chi connectivity index (χ1v) is 7.49. The highest BCUT2D eigenvalue weighted by Crippen LogP contribution is 2.19. The van der Waals surface area contributed by atoms with Crippen LogP contribution in [0, 0.1) is 6.92 Å². The number of halogens is 1. The molecule has 118 valence electrons. The second-order valence-electron chi connectivity index (χ2n) is 4.97. The zero-order valence-corrected chi connectivity index (χ0v) is 13.4. The predicted molar refractivity (Wildman–Crippen MR) is 93.3 cm³/mol. The van der Waals surface area contributed by atoms with Crippen LogP contribution >= 0.6 is 11.6 Å². The van der Waals surface area contributed by atoms with Gasteiger partial charge in [-0.3, -0.25) is 9.59 Å². The summed E-state index contributed by atoms with van der Waals surface area (Å²) in [5, 5.41) is 5.79. The maximum atomic E-state index is 11.8. The van der Waals surface area contributed by atoms with Crippen LogP contribution in [0.1, 0.15) is 11.1 Å². The Kier molecular flexibility index (Phi) is 5.94. The summed E-state index contributed by atoms with van der Waals surface area (Å²) >= 11 is 5.99. The van der Waals surface area contributed by atoms with Crippen molar-refractivity contribution in [1.82, 2.24) is 5.32 Å². The molecule has 0 aliphatic heterocycles. The SMILES string of the molecule is Cc1ccc(NC(=O)CNC(=O)/C=C/c2ccccc2)cc1Cl. The molecular formula is C18H17ClN2O2. The molecule has 2 N–H and O–H groups in total. The van der Waals surface area contributed by atoms with Gasteiger partial charge in [0.05, 0.1) is 6.54 Å². The van der Waals surface area contributed by atoms with E-state index in [1.54, 1.807) is 18.2 Å². The van der Waals surface area contributed by atoms with Gasteiger partial charge in [0.25, 0.3) is 0 Å². The Labute approximate surface area is 140 Å². The van der Waals surface area contributed by atoms with Gasteiger partial charge in [-0.05, 0) is 36.3 Å². The van der Waals surface area contributed by atoms with Crippen molar-refractivity contribution in [2.75, 3.05) is 11.9 Å². The summed E-state index contributed by atoms with van der Waals surface area (Å²) in [6.45, 7) is 1.77. The van der Waals surface area contributed by atoms with Crippen molar-refractivity contribution < 1.29 is 9.59 Å². The van der Waals surface area contributed by atoms with Gasteiger partial charge in [0.2, 0.25) is 11.8 Å². The maximum Gasteiger partial charge on any atom is 0.244 e. The molecule has 2 aromatic carbocycles. The van der Waals surface area contributed by atoms with Gasteiger partial charge in [0.15, 0.2) is 0 Å². The highest BCUT2D eigenvalue weighted by molar-refractivity contribution is 6.31. The summed E-state index contributed by atoms with van der Waals surface area (Å²) in [6, 6.07) is 14.7. The van der Waals surface area contributed by atoms with Gasteiger partial charge < -0.3 is 10.6 Å². The molecule has 4 nitrogen and oxygen atoms in total. The third-order valence-corrected chi connectivity index (χ3v) is 3.51. The minimum Gasteiger partial charge on any atom is -0.343 e. The first-order chi connectivity index (χ1) is 11.0. The number of aryl methyl sites for hydroxylation is 1. The average Bonchev–Trinajstić information content (AvgIpc) is 2.55. The lowest BCUT2D eigenvalue weighted by molar-refractivity contribution is -0.121. The van der Waals surface area contributed by atoms with E-state index < -0.39 is 0 Å². The highest BCUT2D eigenvalue weighted by Gasteiger charge is 2.05. The van der Waals surface area contributed by atoms with Gasteiger partial charge in [-0.15, -0.1) is 0 Å². The van der Waals surface area contributed by atoms with Crippen LogP contribution in [0.5, 0.6) is 0 Å². The highest BCUT2D eigenvalue weighted by atomic mass is 35.5. The number of benzene rings is 2. The molecule has 0 heterocycles. The second kappa shape index (κ2) is 8.15. The molecule has 0 spiro atoms. The largest absolute Gasteiger partial charge is 0.343 e. The molecule has 2 aromatic rings. The van der Waals surface area contributed by atoms with Crippen LogP contribution in [0.15, 0.2) is 54.6 Å². The number of rotatable bonds is 5. The molecule has 23 heavy (non-hydrogen) atoms. The van der Waals surface area contributed by atoms with Gasteiger partial charge in [0, 0.05) is 16.8 Å². The van der Waals surface area contributed by atoms with Gasteiger partial charge in [-0.25, -0.2) is 0 Å². The lowest BCUT2D eigenvalue weighted by atomic mass is 10.2. The number of nitrogens with one attached hydrogen (secondary N) is 2. The molecule has 2 amide bonds. The van der Waals surface area contributed by atoms with E-state index in [4.69, 9.17) is 11.6 Å². The standard InChI is InChI=1S/C18H17ClN2O2/c1-13-7-9-15(11-16(13)19)21-18(23)12-20-17(22)10-8-14-5-3-2-4-6-14/h2-11H,12H2,1H3,(H,20,22)(H,21,23)/b10-8+. The normalized spacial score (nSPS) is 10.5. The van der Waals surface area contributed by atoms with E-state index in [2.05, 4.69) is 10.6 Å². The number of amides is 2. The third kappa shape index (κ3) is 5.60. The molecule has 2 rings (SSSR count). The van der Waals surface area contributed by atoms with Crippen LogP contribution in [0.4, 0.5) is 5.69 Å². The molecule has 0 bridgehead atoms. The fourth-order valence-electron chi connectivity index (χ4n) is 1.84. The maximum absolute atomic E-state index is 11.8. The van der Waals surface area contributed by atoms with Gasteiger partial charge in [-0.2, -0.15) is 0 Å². The Morgan fingerprint density at radius 1 is 1.13 bits per heavy atom. The Morgan fingerprint density at radius 2 is 1.87 bits per heavy atom. The zero-order chi connectivity index (χ0) is 16.7. The van der Waals surface area contributed by atoms with Crippen LogP contribution < -0.4 is 10.6 Å². The smallest absolute Gasteiger partial charge is 0.244 e. The Bertz CT molecular complexity index is 727. The van der Waals surface area contributed by atoms with E-state index in [1.165, 1.54) is 6.08 Å². The lowest BCUT2D eigenvalue weighted by Gasteiger charge is -2.07. The average molecular weight is 329 g/mol. The van der Waals surface area contributed by atoms with Gasteiger partial charge >= 0.3 is 0 Å². The predicted octanol–water partition coefficient (Wildman–Crippen LogP) is 3.42. The molecule has 0 unspecified atom stereocenters. The zero-order valence-electron chi connectivity index (χ0n) is 12.7. The third-order valence-electron chi connectivity index (χ3n) is 3.11. The van der Waals surface area contributed by atoms with E-state index in [1.807, 2.05) is 43.3 Å². The fourth-order valence-corrected chi connectivity index (χ4v) is 2.02. The number of carbonyl (C=O) groups excluding carboxylic acids is 2. The first-order valence-electron chi connectivity index (χ1n) is 7.11. The van der Waals surface area contributed by atoms with Crippen LogP contribution in [-0.4, -0.2) is 18.4 Å². The van der Waals surface area contributed by atoms with Gasteiger partial charge in [-0.1, -0.05) is 48.0 Å². The van der Waals surface area contributed by atoms with Crippen molar-refractivity contribution in [1.29, 1.82) is 0 Å². The van der Waals surface area contributed by atoms with Gasteiger partial charge in [0.1, 0.15) is 0 Å². The van der Waals surface area contributed by atoms with Crippen LogP contribution in [-0.2, 0) is 9.59 Å². The number of hydrogen-bond acceptors (Lipinski definition) is 2. The summed E-state index contributed by atoms with van der Waals surface area (Å²) in [7, 11) is 0. The molecule has 0 atom stereocenters. The fraction of sp³-hybridized carbons (Fsp3) is 0.111. The summed E-state index contributed by atoms with van der Waals surface area (Å²) < 4.78 is 0. The Morgan fingerprint density at radius 3 is 2.57 bits per heavy atom. The molecule has 0 aromatic heterocycles. The number of hydrogen-bond donors (Lipinski definition) is 2. The van der Waals surface area contributed by atoms with Crippen LogP contribution in [0.25, 0.3) is 6.08 Å². The lowest BCUT2D eigenvalue weighted by Crippen LogP contribution is -2.31. The van der Waals surface area contributed by atoms with E-state index in [9.17, 15) is 9.59 Å². The number of anilines is 1. The van der Waals surface area contributed by atoms with Crippen molar-refractivity contribution in [3.05, 3.63) is 70.8 Å².